The van der Waals surface area contributed by atoms with E-state index in [2.05, 4.69) is 88.0 Å². The molecule has 0 unspecified atom stereocenters. The molecule has 3 aliphatic heterocycles. The van der Waals surface area contributed by atoms with Crippen molar-refractivity contribution >= 4 is 23.4 Å². The number of benzene rings is 2. The van der Waals surface area contributed by atoms with Crippen LogP contribution in [0.25, 0.3) is 17.7 Å². The van der Waals surface area contributed by atoms with Crippen LogP contribution in [0.15, 0.2) is 29.8 Å². The van der Waals surface area contributed by atoms with E-state index in [0.717, 1.165) is 29.3 Å². The molecule has 0 aromatic heterocycles. The first kappa shape index (κ1) is 17.3. The number of hydrogen-bond acceptors (Lipinski definition) is 2. The molecule has 0 amide bonds. The minimum Gasteiger partial charge on any atom is -0.456 e. The van der Waals surface area contributed by atoms with E-state index in [1.54, 1.807) is 0 Å². The van der Waals surface area contributed by atoms with E-state index in [1.165, 1.54) is 38.4 Å². The summed E-state index contributed by atoms with van der Waals surface area (Å²) in [7, 11) is 2.19. The minimum absolute atomic E-state index is 0.0105. The standard InChI is InChI=1S/C25H26N2O/c1-14-16(3)25(4,5)27(6)21-13-23-19(15(2)24(14)21)11-18-10-17-8-7-9-26-20(17)12-22(18)28-23/h7-8,10-13H,9H2,1-6H3/p+1. The summed E-state index contributed by atoms with van der Waals surface area (Å²) in [6.45, 7) is 12.2. The molecule has 2 aromatic carbocycles. The van der Waals surface area contributed by atoms with E-state index >= 15 is 0 Å². The summed E-state index contributed by atoms with van der Waals surface area (Å²) in [5, 5.41) is 5.88. The molecule has 0 atom stereocenters. The highest BCUT2D eigenvalue weighted by Crippen LogP contribution is 2.36. The summed E-state index contributed by atoms with van der Waals surface area (Å²) in [5.41, 5.74) is 8.94. The minimum atomic E-state index is -0.0105. The van der Waals surface area contributed by atoms with E-state index in [9.17, 15) is 0 Å². The van der Waals surface area contributed by atoms with Crippen molar-refractivity contribution in [2.75, 3.05) is 18.9 Å². The van der Waals surface area contributed by atoms with Crippen LogP contribution in [0.3, 0.4) is 0 Å². The normalized spacial score (nSPS) is 18.3. The van der Waals surface area contributed by atoms with E-state index in [1.807, 2.05) is 0 Å². The lowest BCUT2D eigenvalue weighted by Gasteiger charge is -2.29. The molecule has 0 spiro atoms. The number of allylic oxidation sites excluding steroid dienone is 1. The maximum Gasteiger partial charge on any atom is 0.212 e. The van der Waals surface area contributed by atoms with Crippen LogP contribution in [-0.4, -0.2) is 19.1 Å². The molecule has 0 radical (unpaired) electrons. The van der Waals surface area contributed by atoms with Gasteiger partial charge in [0, 0.05) is 48.5 Å². The molecule has 142 valence electrons. The summed E-state index contributed by atoms with van der Waals surface area (Å²) in [6.07, 6.45) is 6.62. The molecule has 28 heavy (non-hydrogen) atoms. The Morgan fingerprint density at radius 3 is 2.61 bits per heavy atom. The molecule has 3 aliphatic rings. The third-order valence-corrected chi connectivity index (χ3v) is 7.03. The van der Waals surface area contributed by atoms with Gasteiger partial charge in [0.25, 0.3) is 0 Å². The van der Waals surface area contributed by atoms with Gasteiger partial charge in [-0.05, 0) is 49.6 Å². The van der Waals surface area contributed by atoms with Crippen molar-refractivity contribution < 1.29 is 4.74 Å². The summed E-state index contributed by atoms with van der Waals surface area (Å²) in [4.78, 5) is 0. The predicted molar refractivity (Wildman–Crippen MR) is 118 cm³/mol. The van der Waals surface area contributed by atoms with Gasteiger partial charge in [-0.25, -0.2) is 4.58 Å². The van der Waals surface area contributed by atoms with Crippen LogP contribution in [0.5, 0.6) is 11.5 Å². The number of rotatable bonds is 0. The van der Waals surface area contributed by atoms with Gasteiger partial charge >= 0.3 is 0 Å². The molecular formula is C25H27N2O+. The third-order valence-electron chi connectivity index (χ3n) is 7.03. The maximum atomic E-state index is 6.43. The van der Waals surface area contributed by atoms with Gasteiger partial charge < -0.3 is 10.1 Å². The molecule has 0 aliphatic carbocycles. The van der Waals surface area contributed by atoms with Crippen molar-refractivity contribution in [1.82, 2.24) is 4.58 Å². The molecule has 2 aromatic rings. The number of likely N-dealkylation sites (N-methyl/N-ethyl adjacent to an activating group) is 1. The van der Waals surface area contributed by atoms with Crippen molar-refractivity contribution in [3.63, 3.8) is 0 Å². The Hall–Kier alpha value is -2.81. The van der Waals surface area contributed by atoms with Gasteiger partial charge in [0.1, 0.15) is 18.5 Å². The van der Waals surface area contributed by atoms with E-state index in [-0.39, 0.29) is 5.54 Å². The van der Waals surface area contributed by atoms with Crippen LogP contribution in [-0.2, 0) is 0 Å². The molecule has 0 fully saturated rings. The first-order valence-corrected chi connectivity index (χ1v) is 10.00. The summed E-state index contributed by atoms with van der Waals surface area (Å²) in [6, 6.07) is 6.57. The SMILES string of the molecule is CC1=C(C)C(C)(C)[N+](C)=c2cc3c(c(C)c21)=Cc1cc2c(cc1O3)NCC=C2. The fraction of sp³-hybridized carbons (Fsp3) is 0.320. The van der Waals surface area contributed by atoms with Gasteiger partial charge in [0.05, 0.1) is 11.6 Å². The summed E-state index contributed by atoms with van der Waals surface area (Å²) >= 11 is 0. The van der Waals surface area contributed by atoms with Gasteiger partial charge in [-0.15, -0.1) is 0 Å². The van der Waals surface area contributed by atoms with Crippen molar-refractivity contribution in [3.8, 4) is 11.5 Å². The number of hydrogen-bond donors (Lipinski definition) is 1. The van der Waals surface area contributed by atoms with Gasteiger partial charge in [-0.1, -0.05) is 12.2 Å². The van der Waals surface area contributed by atoms with Gasteiger partial charge in [0.2, 0.25) is 5.36 Å². The molecule has 0 saturated carbocycles. The Bertz CT molecular complexity index is 1240. The monoisotopic (exact) mass is 371 g/mol. The molecule has 0 saturated heterocycles. The number of nitrogens with zero attached hydrogens (tertiary/aromatic N) is 1. The zero-order chi connectivity index (χ0) is 19.8. The Balaban J connectivity index is 1.83. The Labute approximate surface area is 166 Å². The largest absolute Gasteiger partial charge is 0.456 e. The van der Waals surface area contributed by atoms with E-state index in [0.29, 0.717) is 0 Å². The van der Waals surface area contributed by atoms with Crippen molar-refractivity contribution in [2.45, 2.75) is 40.2 Å². The second kappa shape index (κ2) is 5.60. The van der Waals surface area contributed by atoms with E-state index < -0.39 is 0 Å². The zero-order valence-electron chi connectivity index (χ0n) is 17.5. The first-order valence-electron chi connectivity index (χ1n) is 10.00. The van der Waals surface area contributed by atoms with Crippen LogP contribution < -0.4 is 25.2 Å². The van der Waals surface area contributed by atoms with Crippen molar-refractivity contribution in [3.05, 3.63) is 62.7 Å². The highest BCUT2D eigenvalue weighted by molar-refractivity contribution is 5.79. The topological polar surface area (TPSA) is 24.3 Å². The number of anilines is 1. The quantitative estimate of drug-likeness (QED) is 0.602. The Morgan fingerprint density at radius 1 is 1.04 bits per heavy atom. The van der Waals surface area contributed by atoms with Crippen LogP contribution in [0.4, 0.5) is 5.69 Å². The smallest absolute Gasteiger partial charge is 0.212 e. The molecule has 3 heterocycles. The lowest BCUT2D eigenvalue weighted by molar-refractivity contribution is 0.411. The average molecular weight is 372 g/mol. The number of ether oxygens (including phenoxy) is 1. The summed E-state index contributed by atoms with van der Waals surface area (Å²) < 4.78 is 8.82. The summed E-state index contributed by atoms with van der Waals surface area (Å²) in [5.74, 6) is 1.87. The van der Waals surface area contributed by atoms with Gasteiger partial charge in [-0.3, -0.25) is 0 Å². The molecule has 5 rings (SSSR count). The molecular weight excluding hydrogens is 344 g/mol. The molecule has 3 heteroatoms. The molecule has 0 bridgehead atoms. The molecule has 1 N–H and O–H groups in total. The van der Waals surface area contributed by atoms with Crippen molar-refractivity contribution in [2.24, 2.45) is 0 Å². The Kier molecular flexibility index (Phi) is 3.46. The first-order chi connectivity index (χ1) is 13.3. The van der Waals surface area contributed by atoms with Crippen molar-refractivity contribution in [1.29, 1.82) is 0 Å². The predicted octanol–water partition coefficient (Wildman–Crippen LogP) is 4.07. The molecule has 3 nitrogen and oxygen atoms in total. The van der Waals surface area contributed by atoms with E-state index in [4.69, 9.17) is 4.74 Å². The maximum absolute atomic E-state index is 6.43. The van der Waals surface area contributed by atoms with Crippen LogP contribution in [0.1, 0.15) is 49.9 Å². The highest BCUT2D eigenvalue weighted by Gasteiger charge is 2.37. The fourth-order valence-electron chi connectivity index (χ4n) is 4.72. The highest BCUT2D eigenvalue weighted by atomic mass is 16.5. The number of nitrogens with one attached hydrogen (secondary N) is 1. The second-order valence-corrected chi connectivity index (χ2v) is 8.68. The average Bonchev–Trinajstić information content (AvgIpc) is 2.68. The second-order valence-electron chi connectivity index (χ2n) is 8.68. The van der Waals surface area contributed by atoms with Crippen LogP contribution in [0, 0.1) is 6.92 Å². The van der Waals surface area contributed by atoms with Crippen LogP contribution in [0.2, 0.25) is 0 Å². The van der Waals surface area contributed by atoms with Crippen LogP contribution >= 0.6 is 0 Å². The van der Waals surface area contributed by atoms with Gasteiger partial charge in [0.15, 0.2) is 5.54 Å². The fourth-order valence-corrected chi connectivity index (χ4v) is 4.72. The lowest BCUT2D eigenvalue weighted by Crippen LogP contribution is -2.49. The zero-order valence-corrected chi connectivity index (χ0v) is 17.5. The Morgan fingerprint density at radius 2 is 1.82 bits per heavy atom. The lowest BCUT2D eigenvalue weighted by atomic mass is 9.83. The number of fused-ring (bicyclic) bond motifs is 4. The third kappa shape index (κ3) is 2.19. The van der Waals surface area contributed by atoms with Gasteiger partial charge in [-0.2, -0.15) is 0 Å².